The number of methoxy groups -OCH3 is 1. The Morgan fingerprint density at radius 3 is 1.64 bits per heavy atom. The number of allylic oxidation sites excluding steroid dienone is 2. The molecule has 0 unspecified atom stereocenters. The van der Waals surface area contributed by atoms with Crippen molar-refractivity contribution in [3.63, 3.8) is 0 Å². The van der Waals surface area contributed by atoms with Crippen LogP contribution in [-0.2, 0) is 27.1 Å². The number of rotatable bonds is 6. The van der Waals surface area contributed by atoms with Crippen molar-refractivity contribution in [3.05, 3.63) is 89.2 Å². The molecule has 0 saturated carbocycles. The van der Waals surface area contributed by atoms with Gasteiger partial charge in [0.25, 0.3) is 0 Å². The van der Waals surface area contributed by atoms with Crippen molar-refractivity contribution in [2.75, 3.05) is 7.11 Å². The molecule has 0 bridgehead atoms. The van der Waals surface area contributed by atoms with Crippen molar-refractivity contribution >= 4 is 13.2 Å². The van der Waals surface area contributed by atoms with E-state index in [-0.39, 0.29) is 34.1 Å². The maximum atomic E-state index is 4.89. The van der Waals surface area contributed by atoms with Gasteiger partial charge in [-0.1, -0.05) is 71.9 Å². The van der Waals surface area contributed by atoms with Gasteiger partial charge in [-0.05, 0) is 106 Å². The summed E-state index contributed by atoms with van der Waals surface area (Å²) in [5.74, 6) is 2.44. The van der Waals surface area contributed by atoms with Crippen molar-refractivity contribution in [1.29, 1.82) is 0 Å². The largest absolute Gasteiger partial charge is 0.500 e. The van der Waals surface area contributed by atoms with Gasteiger partial charge < -0.3 is 4.74 Å². The summed E-state index contributed by atoms with van der Waals surface area (Å²) in [6.45, 7) is 28.7. The van der Waals surface area contributed by atoms with Crippen LogP contribution in [-0.4, -0.2) is 17.4 Å². The zero-order valence-corrected chi connectivity index (χ0v) is 29.9. The van der Waals surface area contributed by atoms with Crippen LogP contribution in [0.4, 0.5) is 0 Å². The molecule has 220 valence electrons. The molecule has 3 rings (SSSR count). The fraction of sp³-hybridized carbons (Fsp3) is 0.500. The molecule has 0 atom stereocenters. The summed E-state index contributed by atoms with van der Waals surface area (Å²) >= 11 is 0. The van der Waals surface area contributed by atoms with Crippen LogP contribution in [0.5, 0.6) is 0 Å². The molecule has 0 spiro atoms. The summed E-state index contributed by atoms with van der Waals surface area (Å²) in [6.07, 6.45) is 7.36. The van der Waals surface area contributed by atoms with Crippen LogP contribution in [0.25, 0.3) is 11.1 Å². The molecule has 1 nitrogen and oxygen atoms in total. The van der Waals surface area contributed by atoms with E-state index in [2.05, 4.69) is 125 Å². The van der Waals surface area contributed by atoms with Crippen molar-refractivity contribution in [1.82, 2.24) is 0 Å². The second kappa shape index (κ2) is 15.1. The average molecular weight is 732 g/mol. The Kier molecular flexibility index (Phi) is 13.8. The van der Waals surface area contributed by atoms with Gasteiger partial charge in [0, 0.05) is 37.3 Å². The van der Waals surface area contributed by atoms with Crippen LogP contribution in [0.3, 0.4) is 0 Å². The molecule has 1 aliphatic rings. The van der Waals surface area contributed by atoms with Gasteiger partial charge in [0.05, 0.1) is 23.8 Å². The monoisotopic (exact) mass is 731 g/mol. The zero-order valence-electron chi connectivity index (χ0n) is 26.7. The Labute approximate surface area is 259 Å². The van der Waals surface area contributed by atoms with E-state index in [0.29, 0.717) is 17.8 Å². The molecule has 2 aromatic carbocycles. The van der Waals surface area contributed by atoms with Crippen LogP contribution in [0, 0.1) is 6.42 Å². The Hall–Kier alpha value is -1.33. The Morgan fingerprint density at radius 2 is 1.28 bits per heavy atom. The molecule has 0 N–H and O–H groups in total. The summed E-state index contributed by atoms with van der Waals surface area (Å²) in [6, 6.07) is 14.3. The second-order valence-corrected chi connectivity index (χ2v) is 17.7. The van der Waals surface area contributed by atoms with Crippen molar-refractivity contribution in [2.45, 2.75) is 111 Å². The quantitative estimate of drug-likeness (QED) is 0.163. The summed E-state index contributed by atoms with van der Waals surface area (Å²) in [5.41, 5.74) is 10.4. The fourth-order valence-corrected chi connectivity index (χ4v) is 10.2. The van der Waals surface area contributed by atoms with Crippen molar-refractivity contribution < 1.29 is 28.5 Å². The van der Waals surface area contributed by atoms with E-state index in [0.717, 1.165) is 5.76 Å². The van der Waals surface area contributed by atoms with Gasteiger partial charge >= 0.3 is 0 Å². The first-order valence-corrected chi connectivity index (χ1v) is 15.7. The minimum atomic E-state index is -0.840. The Bertz CT molecular complexity index is 1130. The van der Waals surface area contributed by atoms with E-state index in [1.165, 1.54) is 27.8 Å². The fourth-order valence-electron chi connectivity index (χ4n) is 5.63. The first-order chi connectivity index (χ1) is 17.6. The maximum Gasteiger partial charge on any atom is 0.105 e. The van der Waals surface area contributed by atoms with E-state index in [4.69, 9.17) is 4.74 Å². The SMILES string of the molecule is CC(C)c1cc(C(C)C)c(-c2ccccc2[PH+](C(C)(C)C)C(C)(C)C)c(C(C)C)c1.COC1=CC=C=C[CH]1.[Au].[HH]. The molecule has 0 saturated heterocycles. The van der Waals surface area contributed by atoms with Gasteiger partial charge in [-0.2, -0.15) is 0 Å². The van der Waals surface area contributed by atoms with E-state index in [9.17, 15) is 0 Å². The van der Waals surface area contributed by atoms with E-state index in [1.54, 1.807) is 12.4 Å². The molecule has 0 aromatic heterocycles. The number of hydrogen-bond acceptors (Lipinski definition) is 1. The second-order valence-electron chi connectivity index (χ2n) is 13.4. The van der Waals surface area contributed by atoms with Crippen LogP contribution in [0.2, 0.25) is 0 Å². The van der Waals surface area contributed by atoms with Crippen LogP contribution in [0.1, 0.15) is 119 Å². The molecule has 0 amide bonds. The molecular weight excluding hydrogens is 676 g/mol. The van der Waals surface area contributed by atoms with Crippen LogP contribution < -0.4 is 5.30 Å². The summed E-state index contributed by atoms with van der Waals surface area (Å²) in [5, 5.41) is 2.17. The molecule has 1 aliphatic carbocycles. The number of ether oxygens (including phenoxy) is 1. The minimum Gasteiger partial charge on any atom is -0.500 e. The zero-order chi connectivity index (χ0) is 28.8. The number of benzene rings is 2. The molecule has 0 fully saturated rings. The Balaban J connectivity index is 0.00000131. The molecular formula is C36H55AuOP+. The molecule has 2 aromatic rings. The third-order valence-electron chi connectivity index (χ3n) is 7.02. The average Bonchev–Trinajstić information content (AvgIpc) is 2.82. The Morgan fingerprint density at radius 1 is 0.769 bits per heavy atom. The van der Waals surface area contributed by atoms with Gasteiger partial charge in [0.15, 0.2) is 0 Å². The van der Waals surface area contributed by atoms with Gasteiger partial charge in [0.2, 0.25) is 0 Å². The van der Waals surface area contributed by atoms with Gasteiger partial charge in [0.1, 0.15) is 11.1 Å². The van der Waals surface area contributed by atoms with Crippen LogP contribution >= 0.6 is 7.92 Å². The molecule has 2 radical (unpaired) electrons. The van der Waals surface area contributed by atoms with E-state index < -0.39 is 7.92 Å². The predicted molar refractivity (Wildman–Crippen MR) is 176 cm³/mol. The molecule has 39 heavy (non-hydrogen) atoms. The molecule has 3 heteroatoms. The smallest absolute Gasteiger partial charge is 0.105 e. The summed E-state index contributed by atoms with van der Waals surface area (Å²) < 4.78 is 4.89. The van der Waals surface area contributed by atoms with Gasteiger partial charge in [-0.15, -0.1) is 5.73 Å². The van der Waals surface area contributed by atoms with Crippen molar-refractivity contribution in [3.8, 4) is 11.1 Å². The van der Waals surface area contributed by atoms with Crippen LogP contribution in [0.15, 0.2) is 66.1 Å². The first kappa shape index (κ1) is 35.7. The standard InChI is InChI=1S/C29H45P.C7H7O.Au.H2/c1-19(2)22-17-24(20(3)4)27(25(18-22)21(5)6)23-15-13-14-16-26(23)30(28(7,8)9)29(10,11)12;1-8-7-5-3-2-4-6-7;;/h13-21H,1-12H3;3-6H,1H3;;1H/p+1. The topological polar surface area (TPSA) is 9.23 Å². The molecule has 0 aliphatic heterocycles. The van der Waals surface area contributed by atoms with E-state index >= 15 is 0 Å². The summed E-state index contributed by atoms with van der Waals surface area (Å²) in [7, 11) is 0.808. The van der Waals surface area contributed by atoms with Crippen molar-refractivity contribution in [2.24, 2.45) is 0 Å². The predicted octanol–water partition coefficient (Wildman–Crippen LogP) is 10.8. The van der Waals surface area contributed by atoms with Gasteiger partial charge in [-0.25, -0.2) is 0 Å². The van der Waals surface area contributed by atoms with Gasteiger partial charge in [-0.3, -0.25) is 0 Å². The summed E-state index contributed by atoms with van der Waals surface area (Å²) in [4.78, 5) is 0. The molecule has 0 heterocycles. The number of hydrogen-bond donors (Lipinski definition) is 0. The normalized spacial score (nSPS) is 13.4. The third kappa shape index (κ3) is 9.63. The first-order valence-electron chi connectivity index (χ1n) is 14.2. The van der Waals surface area contributed by atoms with E-state index in [1.807, 2.05) is 24.6 Å². The minimum absolute atomic E-state index is 0. The maximum absolute atomic E-state index is 4.89. The third-order valence-corrected chi connectivity index (χ3v) is 11.0.